The first-order valence-electron chi connectivity index (χ1n) is 5.92. The third-order valence-electron chi connectivity index (χ3n) is 2.74. The van der Waals surface area contributed by atoms with Gasteiger partial charge in [-0.1, -0.05) is 13.8 Å². The minimum Gasteiger partial charge on any atom is -0.330 e. The van der Waals surface area contributed by atoms with E-state index in [2.05, 4.69) is 5.32 Å². The van der Waals surface area contributed by atoms with Gasteiger partial charge in [-0.05, 0) is 24.1 Å². The number of halogens is 2. The van der Waals surface area contributed by atoms with Gasteiger partial charge in [-0.15, -0.1) is 0 Å². The largest absolute Gasteiger partial charge is 0.330 e. The van der Waals surface area contributed by atoms with Crippen molar-refractivity contribution in [1.29, 1.82) is 0 Å². The van der Waals surface area contributed by atoms with Crippen molar-refractivity contribution in [1.82, 2.24) is 4.90 Å². The van der Waals surface area contributed by atoms with E-state index in [1.54, 1.807) is 7.05 Å². The Morgan fingerprint density at radius 2 is 2.05 bits per heavy atom. The van der Waals surface area contributed by atoms with Crippen molar-refractivity contribution < 1.29 is 13.6 Å². The van der Waals surface area contributed by atoms with Crippen LogP contribution in [0.2, 0.25) is 0 Å². The van der Waals surface area contributed by atoms with Crippen molar-refractivity contribution >= 4 is 11.7 Å². The lowest BCUT2D eigenvalue weighted by molar-refractivity contribution is 0.197. The lowest BCUT2D eigenvalue weighted by atomic mass is 9.93. The van der Waals surface area contributed by atoms with Gasteiger partial charge in [0.05, 0.1) is 5.69 Å². The number of anilines is 1. The normalized spacial score (nSPS) is 11.3. The average molecular weight is 271 g/mol. The fourth-order valence-electron chi connectivity index (χ4n) is 1.58. The summed E-state index contributed by atoms with van der Waals surface area (Å²) in [6, 6.07) is 2.53. The second-order valence-electron chi connectivity index (χ2n) is 5.28. The van der Waals surface area contributed by atoms with Crippen LogP contribution in [-0.4, -0.2) is 31.1 Å². The molecule has 0 fully saturated rings. The van der Waals surface area contributed by atoms with Crippen LogP contribution in [0.25, 0.3) is 0 Å². The van der Waals surface area contributed by atoms with Crippen LogP contribution in [0.5, 0.6) is 0 Å². The van der Waals surface area contributed by atoms with Crippen LogP contribution >= 0.6 is 0 Å². The molecule has 0 spiro atoms. The van der Waals surface area contributed by atoms with Crippen LogP contribution in [0.1, 0.15) is 13.8 Å². The lowest BCUT2D eigenvalue weighted by Gasteiger charge is -2.29. The lowest BCUT2D eigenvalue weighted by Crippen LogP contribution is -2.41. The zero-order valence-corrected chi connectivity index (χ0v) is 11.3. The predicted octanol–water partition coefficient (Wildman–Crippen LogP) is 2.41. The van der Waals surface area contributed by atoms with Crippen molar-refractivity contribution in [2.45, 2.75) is 13.8 Å². The molecular weight excluding hydrogens is 252 g/mol. The zero-order valence-electron chi connectivity index (χ0n) is 11.3. The number of nitrogens with one attached hydrogen (secondary N) is 1. The fraction of sp³-hybridized carbons (Fsp3) is 0.462. The molecule has 19 heavy (non-hydrogen) atoms. The molecule has 1 aromatic rings. The highest BCUT2D eigenvalue weighted by Gasteiger charge is 2.21. The van der Waals surface area contributed by atoms with Gasteiger partial charge in [0.1, 0.15) is 11.6 Å². The highest BCUT2D eigenvalue weighted by molar-refractivity contribution is 5.89. The topological polar surface area (TPSA) is 58.4 Å². The molecule has 0 bridgehead atoms. The Morgan fingerprint density at radius 1 is 1.42 bits per heavy atom. The van der Waals surface area contributed by atoms with E-state index < -0.39 is 17.7 Å². The summed E-state index contributed by atoms with van der Waals surface area (Å²) in [7, 11) is 1.59. The van der Waals surface area contributed by atoms with E-state index in [1.807, 2.05) is 13.8 Å². The maximum atomic E-state index is 13.4. The summed E-state index contributed by atoms with van der Waals surface area (Å²) in [5.74, 6) is -1.49. The molecule has 0 unspecified atom stereocenters. The molecule has 0 saturated carbocycles. The maximum Gasteiger partial charge on any atom is 0.321 e. The highest BCUT2D eigenvalue weighted by Crippen LogP contribution is 2.17. The molecule has 0 saturated heterocycles. The first-order valence-corrected chi connectivity index (χ1v) is 5.92. The van der Waals surface area contributed by atoms with Gasteiger partial charge in [-0.3, -0.25) is 0 Å². The van der Waals surface area contributed by atoms with E-state index in [0.717, 1.165) is 12.1 Å². The van der Waals surface area contributed by atoms with E-state index in [9.17, 15) is 13.6 Å². The third-order valence-corrected chi connectivity index (χ3v) is 2.74. The molecule has 4 nitrogen and oxygen atoms in total. The molecule has 3 N–H and O–H groups in total. The molecule has 0 atom stereocenters. The minimum absolute atomic E-state index is 0.0520. The molecule has 1 aromatic carbocycles. The number of carbonyl (C=O) groups excluding carboxylic acids is 1. The standard InChI is InChI=1S/C13H19F2N3O/c1-13(2,7-16)8-18(3)12(19)17-11-5-4-9(14)6-10(11)15/h4-6H,7-8,16H2,1-3H3,(H,17,19). The average Bonchev–Trinajstić information content (AvgIpc) is 2.32. The van der Waals surface area contributed by atoms with E-state index in [0.29, 0.717) is 13.1 Å². The second kappa shape index (κ2) is 5.97. The van der Waals surface area contributed by atoms with Crippen molar-refractivity contribution in [2.75, 3.05) is 25.5 Å². The fourth-order valence-corrected chi connectivity index (χ4v) is 1.58. The number of benzene rings is 1. The predicted molar refractivity (Wildman–Crippen MR) is 70.8 cm³/mol. The molecule has 0 aromatic heterocycles. The number of rotatable bonds is 4. The van der Waals surface area contributed by atoms with Crippen LogP contribution < -0.4 is 11.1 Å². The molecular formula is C13H19F2N3O. The number of amides is 2. The number of carbonyl (C=O) groups is 1. The molecule has 0 aliphatic rings. The van der Waals surface area contributed by atoms with Crippen LogP contribution in [0.15, 0.2) is 18.2 Å². The van der Waals surface area contributed by atoms with Gasteiger partial charge in [-0.25, -0.2) is 13.6 Å². The molecule has 0 aliphatic carbocycles. The van der Waals surface area contributed by atoms with Crippen LogP contribution in [0.3, 0.4) is 0 Å². The van der Waals surface area contributed by atoms with Crippen molar-refractivity contribution in [3.05, 3.63) is 29.8 Å². The Morgan fingerprint density at radius 3 is 2.58 bits per heavy atom. The Bertz CT molecular complexity index is 463. The second-order valence-corrected chi connectivity index (χ2v) is 5.28. The van der Waals surface area contributed by atoms with Gasteiger partial charge in [0.25, 0.3) is 0 Å². The molecule has 0 heterocycles. The monoisotopic (exact) mass is 271 g/mol. The maximum absolute atomic E-state index is 13.4. The van der Waals surface area contributed by atoms with Gasteiger partial charge >= 0.3 is 6.03 Å². The quantitative estimate of drug-likeness (QED) is 0.883. The summed E-state index contributed by atoms with van der Waals surface area (Å²) in [5.41, 5.74) is 5.31. The van der Waals surface area contributed by atoms with Crippen LogP contribution in [0.4, 0.5) is 19.3 Å². The van der Waals surface area contributed by atoms with Crippen molar-refractivity contribution in [2.24, 2.45) is 11.1 Å². The smallest absolute Gasteiger partial charge is 0.321 e. The van der Waals surface area contributed by atoms with Gasteiger partial charge in [0, 0.05) is 19.7 Å². The van der Waals surface area contributed by atoms with E-state index in [4.69, 9.17) is 5.73 Å². The molecule has 106 valence electrons. The first kappa shape index (κ1) is 15.4. The Labute approximate surface area is 111 Å². The molecule has 0 radical (unpaired) electrons. The van der Waals surface area contributed by atoms with Crippen LogP contribution in [0, 0.1) is 17.0 Å². The summed E-state index contributed by atoms with van der Waals surface area (Å²) >= 11 is 0. The molecule has 1 rings (SSSR count). The number of hydrogen-bond acceptors (Lipinski definition) is 2. The first-order chi connectivity index (χ1) is 8.75. The summed E-state index contributed by atoms with van der Waals surface area (Å²) < 4.78 is 26.1. The SMILES string of the molecule is CN(CC(C)(C)CN)C(=O)Nc1ccc(F)cc1F. The van der Waals surface area contributed by atoms with Crippen molar-refractivity contribution in [3.63, 3.8) is 0 Å². The van der Waals surface area contributed by atoms with E-state index >= 15 is 0 Å². The summed E-state index contributed by atoms with van der Waals surface area (Å²) in [4.78, 5) is 13.3. The van der Waals surface area contributed by atoms with Gasteiger partial charge in [0.2, 0.25) is 0 Å². The summed E-state index contributed by atoms with van der Waals surface area (Å²) in [6.07, 6.45) is 0. The summed E-state index contributed by atoms with van der Waals surface area (Å²) in [6.45, 7) is 4.71. The van der Waals surface area contributed by atoms with E-state index in [-0.39, 0.29) is 11.1 Å². The third kappa shape index (κ3) is 4.48. The molecule has 2 amide bonds. The molecule has 6 heteroatoms. The Balaban J connectivity index is 2.69. The zero-order chi connectivity index (χ0) is 14.6. The Hall–Kier alpha value is -1.69. The number of urea groups is 1. The number of nitrogens with zero attached hydrogens (tertiary/aromatic N) is 1. The molecule has 0 aliphatic heterocycles. The van der Waals surface area contributed by atoms with Gasteiger partial charge in [0.15, 0.2) is 0 Å². The number of hydrogen-bond donors (Lipinski definition) is 2. The summed E-state index contributed by atoms with van der Waals surface area (Å²) in [5, 5.41) is 2.39. The van der Waals surface area contributed by atoms with Crippen LogP contribution in [-0.2, 0) is 0 Å². The van der Waals surface area contributed by atoms with E-state index in [1.165, 1.54) is 11.0 Å². The van der Waals surface area contributed by atoms with Crippen molar-refractivity contribution in [3.8, 4) is 0 Å². The highest BCUT2D eigenvalue weighted by atomic mass is 19.1. The minimum atomic E-state index is -0.806. The Kier molecular flexibility index (Phi) is 4.83. The van der Waals surface area contributed by atoms with Gasteiger partial charge < -0.3 is 16.0 Å². The van der Waals surface area contributed by atoms with Gasteiger partial charge in [-0.2, -0.15) is 0 Å². The number of nitrogens with two attached hydrogens (primary N) is 1.